The van der Waals surface area contributed by atoms with Crippen molar-refractivity contribution < 1.29 is 0 Å². The first-order valence-corrected chi connectivity index (χ1v) is 6.42. The smallest absolute Gasteiger partial charge is 0.0527 e. The Kier molecular flexibility index (Phi) is 1.80. The van der Waals surface area contributed by atoms with Crippen molar-refractivity contribution in [3.63, 3.8) is 0 Å². The molecular weight excluding hydrogens is 218 g/mol. The number of hydrogen-bond donors (Lipinski definition) is 0. The molecule has 0 saturated carbocycles. The summed E-state index contributed by atoms with van der Waals surface area (Å²) in [6.45, 7) is 2.17. The summed E-state index contributed by atoms with van der Waals surface area (Å²) in [6.07, 6.45) is 1.08. The van der Waals surface area contributed by atoms with Crippen molar-refractivity contribution in [1.29, 1.82) is 0 Å². The van der Waals surface area contributed by atoms with E-state index in [1.165, 1.54) is 38.9 Å². The van der Waals surface area contributed by atoms with Gasteiger partial charge in [-0.2, -0.15) is 0 Å². The van der Waals surface area contributed by atoms with Gasteiger partial charge in [-0.1, -0.05) is 35.9 Å². The summed E-state index contributed by atoms with van der Waals surface area (Å²) in [6, 6.07) is 15.5. The van der Waals surface area contributed by atoms with Crippen LogP contribution in [0.25, 0.3) is 22.2 Å². The van der Waals surface area contributed by atoms with E-state index in [0.717, 1.165) is 6.42 Å². The standard InChI is InChI=1S/C17H15N/c1-11-7-8-16-14(9-11)15-10-12-5-3-4-6-13(12)17(15)18(16)2/h3-9H,10H2,1-2H3. The minimum atomic E-state index is 1.08. The lowest BCUT2D eigenvalue weighted by atomic mass is 10.1. The summed E-state index contributed by atoms with van der Waals surface area (Å²) in [7, 11) is 2.18. The van der Waals surface area contributed by atoms with E-state index in [9.17, 15) is 0 Å². The van der Waals surface area contributed by atoms with Crippen molar-refractivity contribution in [2.45, 2.75) is 13.3 Å². The molecule has 1 heterocycles. The van der Waals surface area contributed by atoms with Crippen molar-refractivity contribution in [2.24, 2.45) is 7.05 Å². The highest BCUT2D eigenvalue weighted by atomic mass is 15.0. The topological polar surface area (TPSA) is 4.93 Å². The van der Waals surface area contributed by atoms with Gasteiger partial charge in [0.15, 0.2) is 0 Å². The van der Waals surface area contributed by atoms with Crippen molar-refractivity contribution in [3.05, 3.63) is 59.2 Å². The van der Waals surface area contributed by atoms with Crippen LogP contribution in [0.1, 0.15) is 16.7 Å². The van der Waals surface area contributed by atoms with Crippen molar-refractivity contribution in [1.82, 2.24) is 4.57 Å². The molecule has 0 bridgehead atoms. The number of aryl methyl sites for hydroxylation is 2. The van der Waals surface area contributed by atoms with E-state index in [1.807, 2.05) is 0 Å². The van der Waals surface area contributed by atoms with E-state index >= 15 is 0 Å². The highest BCUT2D eigenvalue weighted by molar-refractivity contribution is 5.95. The molecule has 1 aromatic heterocycles. The second-order valence-corrected chi connectivity index (χ2v) is 5.24. The van der Waals surface area contributed by atoms with E-state index in [2.05, 4.69) is 61.0 Å². The molecule has 3 aromatic rings. The van der Waals surface area contributed by atoms with Crippen LogP contribution in [0.15, 0.2) is 42.5 Å². The Balaban J connectivity index is 2.15. The van der Waals surface area contributed by atoms with Crippen LogP contribution in [0, 0.1) is 6.92 Å². The van der Waals surface area contributed by atoms with Gasteiger partial charge in [0.2, 0.25) is 0 Å². The van der Waals surface area contributed by atoms with E-state index in [0.29, 0.717) is 0 Å². The van der Waals surface area contributed by atoms with E-state index in [1.54, 1.807) is 0 Å². The van der Waals surface area contributed by atoms with Gasteiger partial charge in [-0.05, 0) is 30.2 Å². The fourth-order valence-electron chi connectivity index (χ4n) is 3.25. The minimum Gasteiger partial charge on any atom is -0.343 e. The molecule has 0 unspecified atom stereocenters. The minimum absolute atomic E-state index is 1.08. The first-order valence-electron chi connectivity index (χ1n) is 6.42. The van der Waals surface area contributed by atoms with Gasteiger partial charge in [-0.3, -0.25) is 0 Å². The molecule has 0 saturated heterocycles. The van der Waals surface area contributed by atoms with Gasteiger partial charge in [-0.25, -0.2) is 0 Å². The molecule has 0 N–H and O–H groups in total. The van der Waals surface area contributed by atoms with E-state index in [4.69, 9.17) is 0 Å². The molecule has 1 nitrogen and oxygen atoms in total. The van der Waals surface area contributed by atoms with Crippen molar-refractivity contribution in [2.75, 3.05) is 0 Å². The lowest BCUT2D eigenvalue weighted by Gasteiger charge is -2.04. The van der Waals surface area contributed by atoms with Gasteiger partial charge >= 0.3 is 0 Å². The highest BCUT2D eigenvalue weighted by Gasteiger charge is 2.24. The predicted molar refractivity (Wildman–Crippen MR) is 75.9 cm³/mol. The van der Waals surface area contributed by atoms with E-state index in [-0.39, 0.29) is 0 Å². The summed E-state index contributed by atoms with van der Waals surface area (Å²) in [5.41, 5.74) is 8.46. The molecule has 4 rings (SSSR count). The lowest BCUT2D eigenvalue weighted by Crippen LogP contribution is -1.90. The molecule has 18 heavy (non-hydrogen) atoms. The highest BCUT2D eigenvalue weighted by Crippen LogP contribution is 2.42. The molecule has 1 aliphatic carbocycles. The average Bonchev–Trinajstić information content (AvgIpc) is 2.87. The number of rotatable bonds is 0. The Morgan fingerprint density at radius 3 is 2.78 bits per heavy atom. The van der Waals surface area contributed by atoms with Gasteiger partial charge in [0.25, 0.3) is 0 Å². The molecular formula is C17H15N. The fraction of sp³-hybridized carbons (Fsp3) is 0.176. The van der Waals surface area contributed by atoms with Crippen molar-refractivity contribution >= 4 is 10.9 Å². The lowest BCUT2D eigenvalue weighted by molar-refractivity contribution is 0.978. The number of aromatic nitrogens is 1. The zero-order valence-electron chi connectivity index (χ0n) is 10.7. The number of benzene rings is 2. The SMILES string of the molecule is Cc1ccc2c(c1)c1c(n2C)-c2ccccc2C1. The molecule has 2 aromatic carbocycles. The van der Waals surface area contributed by atoms with Gasteiger partial charge in [0.05, 0.1) is 5.69 Å². The summed E-state index contributed by atoms with van der Waals surface area (Å²) < 4.78 is 2.34. The molecule has 0 fully saturated rings. The number of nitrogens with zero attached hydrogens (tertiary/aromatic N) is 1. The largest absolute Gasteiger partial charge is 0.343 e. The summed E-state index contributed by atoms with van der Waals surface area (Å²) >= 11 is 0. The average molecular weight is 233 g/mol. The third-order valence-corrected chi connectivity index (χ3v) is 4.10. The predicted octanol–water partition coefficient (Wildman–Crippen LogP) is 4.06. The third kappa shape index (κ3) is 1.11. The maximum Gasteiger partial charge on any atom is 0.0527 e. The van der Waals surface area contributed by atoms with Crippen LogP contribution in [0.2, 0.25) is 0 Å². The van der Waals surface area contributed by atoms with Gasteiger partial charge in [0.1, 0.15) is 0 Å². The maximum absolute atomic E-state index is 2.34. The van der Waals surface area contributed by atoms with Crippen LogP contribution in [-0.4, -0.2) is 4.57 Å². The fourth-order valence-corrected chi connectivity index (χ4v) is 3.25. The Bertz CT molecular complexity index is 778. The van der Waals surface area contributed by atoms with Crippen molar-refractivity contribution in [3.8, 4) is 11.3 Å². The molecule has 0 aliphatic heterocycles. The Labute approximate surface area is 107 Å². The monoisotopic (exact) mass is 233 g/mol. The second kappa shape index (κ2) is 3.26. The molecule has 0 amide bonds. The van der Waals surface area contributed by atoms with Gasteiger partial charge in [-0.15, -0.1) is 0 Å². The maximum atomic E-state index is 2.34. The summed E-state index contributed by atoms with van der Waals surface area (Å²) in [5, 5.41) is 1.42. The van der Waals surface area contributed by atoms with Gasteiger partial charge in [0, 0.05) is 29.9 Å². The summed E-state index contributed by atoms with van der Waals surface area (Å²) in [4.78, 5) is 0. The van der Waals surface area contributed by atoms with E-state index < -0.39 is 0 Å². The first-order chi connectivity index (χ1) is 8.75. The third-order valence-electron chi connectivity index (χ3n) is 4.10. The Morgan fingerprint density at radius 1 is 1.06 bits per heavy atom. The Hall–Kier alpha value is -2.02. The molecule has 1 aliphatic rings. The second-order valence-electron chi connectivity index (χ2n) is 5.24. The van der Waals surface area contributed by atoms with Crippen LogP contribution in [0.3, 0.4) is 0 Å². The molecule has 0 radical (unpaired) electrons. The zero-order chi connectivity index (χ0) is 12.3. The van der Waals surface area contributed by atoms with Crippen LogP contribution in [-0.2, 0) is 13.5 Å². The van der Waals surface area contributed by atoms with Crippen LogP contribution in [0.5, 0.6) is 0 Å². The molecule has 88 valence electrons. The quantitative estimate of drug-likeness (QED) is 0.431. The zero-order valence-corrected chi connectivity index (χ0v) is 10.7. The number of hydrogen-bond acceptors (Lipinski definition) is 0. The summed E-state index contributed by atoms with van der Waals surface area (Å²) in [5.74, 6) is 0. The Morgan fingerprint density at radius 2 is 1.89 bits per heavy atom. The van der Waals surface area contributed by atoms with Crippen LogP contribution < -0.4 is 0 Å². The van der Waals surface area contributed by atoms with Gasteiger partial charge < -0.3 is 4.57 Å². The number of fused-ring (bicyclic) bond motifs is 5. The molecule has 1 heteroatoms. The van der Waals surface area contributed by atoms with Crippen LogP contribution in [0.4, 0.5) is 0 Å². The van der Waals surface area contributed by atoms with Crippen LogP contribution >= 0.6 is 0 Å². The first kappa shape index (κ1) is 9.95. The molecule has 0 atom stereocenters. The normalized spacial score (nSPS) is 12.8. The molecule has 0 spiro atoms.